The van der Waals surface area contributed by atoms with Crippen LogP contribution in [0.4, 0.5) is 0 Å². The van der Waals surface area contributed by atoms with Gasteiger partial charge in [-0.05, 0) is 83.5 Å². The standard InChI is InChI=1S/C54H106N2O3/c1-17-22-26-30-32-36-40-45(39-35-31-27-23-18-2)49(6,7)41-51(10,11)48(59)56-54(16,21-5)43-53(14,15)55-47(58)52(12,13)42-50(8,9)46(57)44(37-33-28-24-19-3)38-34-29-25-20-4/h44-45H,17-43H2,1-16H3,(H,55,58)(H,56,59). The highest BCUT2D eigenvalue weighted by molar-refractivity contribution is 5.88. The Hall–Kier alpha value is -1.39. The zero-order valence-electron chi connectivity index (χ0n) is 43.0. The highest BCUT2D eigenvalue weighted by Crippen LogP contribution is 2.45. The molecule has 0 fully saturated rings. The van der Waals surface area contributed by atoms with Gasteiger partial charge in [0, 0.05) is 33.2 Å². The van der Waals surface area contributed by atoms with E-state index in [0.29, 0.717) is 24.5 Å². The molecule has 2 unspecified atom stereocenters. The highest BCUT2D eigenvalue weighted by Gasteiger charge is 2.45. The van der Waals surface area contributed by atoms with Crippen LogP contribution in [0.1, 0.15) is 284 Å². The second-order valence-corrected chi connectivity index (χ2v) is 23.1. The van der Waals surface area contributed by atoms with Crippen molar-refractivity contribution < 1.29 is 14.4 Å². The largest absolute Gasteiger partial charge is 0.351 e. The van der Waals surface area contributed by atoms with E-state index in [2.05, 4.69) is 108 Å². The van der Waals surface area contributed by atoms with E-state index in [9.17, 15) is 14.4 Å². The molecule has 0 aliphatic carbocycles. The summed E-state index contributed by atoms with van der Waals surface area (Å²) in [5, 5.41) is 6.94. The van der Waals surface area contributed by atoms with E-state index in [-0.39, 0.29) is 23.1 Å². The number of rotatable bonds is 37. The van der Waals surface area contributed by atoms with Gasteiger partial charge in [0.25, 0.3) is 0 Å². The Morgan fingerprint density at radius 3 is 1.19 bits per heavy atom. The summed E-state index contributed by atoms with van der Waals surface area (Å²) in [4.78, 5) is 42.7. The molecule has 2 atom stereocenters. The fourth-order valence-corrected chi connectivity index (χ4v) is 10.5. The predicted molar refractivity (Wildman–Crippen MR) is 259 cm³/mol. The van der Waals surface area contributed by atoms with Gasteiger partial charge in [0.15, 0.2) is 0 Å². The van der Waals surface area contributed by atoms with E-state index >= 15 is 0 Å². The van der Waals surface area contributed by atoms with Crippen LogP contribution < -0.4 is 10.6 Å². The molecule has 0 saturated heterocycles. The molecule has 0 aliphatic rings. The van der Waals surface area contributed by atoms with Gasteiger partial charge < -0.3 is 10.6 Å². The molecule has 5 heteroatoms. The van der Waals surface area contributed by atoms with Gasteiger partial charge in [0.2, 0.25) is 11.8 Å². The summed E-state index contributed by atoms with van der Waals surface area (Å²) in [5.41, 5.74) is -2.86. The third-order valence-electron chi connectivity index (χ3n) is 14.0. The summed E-state index contributed by atoms with van der Waals surface area (Å²) in [6.07, 6.45) is 31.0. The normalized spacial score (nSPS) is 14.7. The van der Waals surface area contributed by atoms with Crippen molar-refractivity contribution in [2.75, 3.05) is 0 Å². The lowest BCUT2D eigenvalue weighted by Gasteiger charge is -2.44. The Balaban J connectivity index is 5.83. The molecule has 350 valence electrons. The molecule has 0 rings (SSSR count). The quantitative estimate of drug-likeness (QED) is 0.0612. The average Bonchev–Trinajstić information content (AvgIpc) is 3.12. The van der Waals surface area contributed by atoms with Crippen LogP contribution in [-0.4, -0.2) is 28.7 Å². The minimum absolute atomic E-state index is 0.0243. The van der Waals surface area contributed by atoms with Gasteiger partial charge in [-0.3, -0.25) is 14.4 Å². The molecule has 2 N–H and O–H groups in total. The van der Waals surface area contributed by atoms with Gasteiger partial charge in [-0.25, -0.2) is 0 Å². The number of amides is 2. The first-order chi connectivity index (χ1) is 27.4. The maximum absolute atomic E-state index is 14.3. The summed E-state index contributed by atoms with van der Waals surface area (Å²) in [6, 6.07) is 0. The Morgan fingerprint density at radius 2 is 0.763 bits per heavy atom. The van der Waals surface area contributed by atoms with Gasteiger partial charge in [-0.2, -0.15) is 0 Å². The first kappa shape index (κ1) is 57.6. The molecule has 0 saturated carbocycles. The molecule has 0 spiro atoms. The van der Waals surface area contributed by atoms with E-state index < -0.39 is 27.3 Å². The second kappa shape index (κ2) is 28.3. The molecular weight excluding hydrogens is 725 g/mol. The molecule has 0 bridgehead atoms. The topological polar surface area (TPSA) is 75.3 Å². The Kier molecular flexibility index (Phi) is 27.7. The van der Waals surface area contributed by atoms with Gasteiger partial charge in [-0.15, -0.1) is 0 Å². The zero-order chi connectivity index (χ0) is 45.4. The summed E-state index contributed by atoms with van der Waals surface area (Å²) >= 11 is 0. The summed E-state index contributed by atoms with van der Waals surface area (Å²) in [6.45, 7) is 34.8. The molecule has 0 aromatic carbocycles. The van der Waals surface area contributed by atoms with Crippen molar-refractivity contribution >= 4 is 17.6 Å². The third kappa shape index (κ3) is 23.6. The van der Waals surface area contributed by atoms with Crippen molar-refractivity contribution in [2.45, 2.75) is 295 Å². The van der Waals surface area contributed by atoms with E-state index in [4.69, 9.17) is 0 Å². The number of ketones is 1. The minimum Gasteiger partial charge on any atom is -0.351 e. The van der Waals surface area contributed by atoms with Gasteiger partial charge in [-0.1, -0.05) is 212 Å². The third-order valence-corrected chi connectivity index (χ3v) is 14.0. The van der Waals surface area contributed by atoms with Crippen LogP contribution in [0.3, 0.4) is 0 Å². The van der Waals surface area contributed by atoms with E-state index in [0.717, 1.165) is 38.5 Å². The maximum Gasteiger partial charge on any atom is 0.226 e. The van der Waals surface area contributed by atoms with Crippen LogP contribution in [0.25, 0.3) is 0 Å². The number of Topliss-reactive ketones (excluding diaryl/α,β-unsaturated/α-hetero) is 1. The van der Waals surface area contributed by atoms with Crippen molar-refractivity contribution in [3.63, 3.8) is 0 Å². The summed E-state index contributed by atoms with van der Waals surface area (Å²) < 4.78 is 0. The molecule has 0 heterocycles. The van der Waals surface area contributed by atoms with Gasteiger partial charge >= 0.3 is 0 Å². The van der Waals surface area contributed by atoms with Gasteiger partial charge in [0.05, 0.1) is 0 Å². The van der Waals surface area contributed by atoms with Crippen molar-refractivity contribution in [3.8, 4) is 0 Å². The Morgan fingerprint density at radius 1 is 0.407 bits per heavy atom. The van der Waals surface area contributed by atoms with Crippen molar-refractivity contribution in [3.05, 3.63) is 0 Å². The number of hydrogen-bond acceptors (Lipinski definition) is 3. The fraction of sp³-hybridized carbons (Fsp3) is 0.944. The lowest BCUT2D eigenvalue weighted by atomic mass is 9.65. The van der Waals surface area contributed by atoms with Crippen LogP contribution >= 0.6 is 0 Å². The fourth-order valence-electron chi connectivity index (χ4n) is 10.5. The van der Waals surface area contributed by atoms with Gasteiger partial charge in [0.1, 0.15) is 5.78 Å². The SMILES string of the molecule is CCCCCCCCC(CCCCCCC)C(C)(C)CC(C)(C)C(=O)NC(C)(CC)CC(C)(C)NC(=O)C(C)(C)CC(C)(C)C(=O)C(CCCCCC)CCCCCC. The predicted octanol–water partition coefficient (Wildman–Crippen LogP) is 16.3. The number of carbonyl (C=O) groups is 3. The van der Waals surface area contributed by atoms with Crippen LogP contribution in [0.2, 0.25) is 0 Å². The van der Waals surface area contributed by atoms with Crippen molar-refractivity contribution in [1.82, 2.24) is 10.6 Å². The first-order valence-corrected chi connectivity index (χ1v) is 25.6. The first-order valence-electron chi connectivity index (χ1n) is 25.6. The monoisotopic (exact) mass is 831 g/mol. The molecule has 2 amide bonds. The number of carbonyl (C=O) groups excluding carboxylic acids is 3. The average molecular weight is 831 g/mol. The van der Waals surface area contributed by atoms with Crippen molar-refractivity contribution in [2.24, 2.45) is 33.5 Å². The van der Waals surface area contributed by atoms with E-state index in [1.807, 2.05) is 13.8 Å². The molecular formula is C54H106N2O3. The zero-order valence-corrected chi connectivity index (χ0v) is 43.0. The van der Waals surface area contributed by atoms with Crippen LogP contribution in [-0.2, 0) is 14.4 Å². The van der Waals surface area contributed by atoms with Crippen molar-refractivity contribution in [1.29, 1.82) is 0 Å². The number of nitrogens with one attached hydrogen (secondary N) is 2. The molecule has 0 aromatic heterocycles. The Bertz CT molecular complexity index is 1140. The lowest BCUT2D eigenvalue weighted by Crippen LogP contribution is -2.58. The molecule has 59 heavy (non-hydrogen) atoms. The number of hydrogen-bond donors (Lipinski definition) is 2. The minimum atomic E-state index is -0.729. The molecule has 0 radical (unpaired) electrons. The molecule has 0 aliphatic heterocycles. The summed E-state index contributed by atoms with van der Waals surface area (Å²) in [7, 11) is 0. The van der Waals surface area contributed by atoms with Crippen LogP contribution in [0.5, 0.6) is 0 Å². The highest BCUT2D eigenvalue weighted by atomic mass is 16.2. The summed E-state index contributed by atoms with van der Waals surface area (Å²) in [5.74, 6) is 1.10. The second-order valence-electron chi connectivity index (χ2n) is 23.1. The lowest BCUT2D eigenvalue weighted by molar-refractivity contribution is -0.138. The van der Waals surface area contributed by atoms with E-state index in [1.54, 1.807) is 0 Å². The van der Waals surface area contributed by atoms with E-state index in [1.165, 1.54) is 122 Å². The molecule has 5 nitrogen and oxygen atoms in total. The maximum atomic E-state index is 14.3. The van der Waals surface area contributed by atoms with Crippen LogP contribution in [0.15, 0.2) is 0 Å². The van der Waals surface area contributed by atoms with Crippen LogP contribution in [0, 0.1) is 33.5 Å². The molecule has 0 aromatic rings. The smallest absolute Gasteiger partial charge is 0.226 e. The number of unbranched alkanes of at least 4 members (excludes halogenated alkanes) is 15. The Labute approximate surface area is 370 Å².